The van der Waals surface area contributed by atoms with Crippen LogP contribution in [0, 0.1) is 5.92 Å². The zero-order valence-electron chi connectivity index (χ0n) is 14.8. The molecule has 5 heteroatoms. The highest BCUT2D eigenvalue weighted by molar-refractivity contribution is 7.99. The molecule has 4 nitrogen and oxygen atoms in total. The molecule has 0 atom stereocenters. The van der Waals surface area contributed by atoms with Crippen molar-refractivity contribution in [3.63, 3.8) is 0 Å². The largest absolute Gasteiger partial charge is 0.326 e. The molecule has 0 saturated heterocycles. The quantitative estimate of drug-likeness (QED) is 0.833. The Balaban J connectivity index is 1.70. The first kappa shape index (κ1) is 17.2. The fourth-order valence-electron chi connectivity index (χ4n) is 3.36. The first-order chi connectivity index (χ1) is 12.7. The van der Waals surface area contributed by atoms with Crippen LogP contribution in [0.15, 0.2) is 52.3 Å². The van der Waals surface area contributed by atoms with Crippen LogP contribution in [-0.2, 0) is 4.79 Å². The molecule has 0 unspecified atom stereocenters. The Morgan fingerprint density at radius 3 is 2.73 bits per heavy atom. The van der Waals surface area contributed by atoms with Crippen molar-refractivity contribution in [2.24, 2.45) is 5.92 Å². The van der Waals surface area contributed by atoms with Gasteiger partial charge in [0, 0.05) is 27.9 Å². The molecule has 0 aromatic heterocycles. The smallest absolute Gasteiger partial charge is 0.259 e. The van der Waals surface area contributed by atoms with Crippen LogP contribution in [-0.4, -0.2) is 18.4 Å². The minimum atomic E-state index is 0.0416. The van der Waals surface area contributed by atoms with Gasteiger partial charge in [0.25, 0.3) is 5.91 Å². The average molecular weight is 366 g/mol. The van der Waals surface area contributed by atoms with E-state index in [0.717, 1.165) is 52.4 Å². The number of benzene rings is 2. The van der Waals surface area contributed by atoms with Gasteiger partial charge in [-0.2, -0.15) is 0 Å². The number of nitrogens with one attached hydrogen (secondary N) is 1. The topological polar surface area (TPSA) is 49.4 Å². The molecule has 134 valence electrons. The van der Waals surface area contributed by atoms with Gasteiger partial charge in [0.1, 0.15) is 0 Å². The third-order valence-corrected chi connectivity index (χ3v) is 6.15. The first-order valence-corrected chi connectivity index (χ1v) is 10.0. The van der Waals surface area contributed by atoms with Crippen LogP contribution >= 0.6 is 11.8 Å². The van der Waals surface area contributed by atoms with Crippen LogP contribution in [0.5, 0.6) is 0 Å². The molecule has 1 saturated carbocycles. The SMILES string of the molecule is CCCN1C(=O)c2ccccc2Sc2cc(NC(=O)C3CCC3)ccc21. The second kappa shape index (κ2) is 7.16. The van der Waals surface area contributed by atoms with Crippen molar-refractivity contribution < 1.29 is 9.59 Å². The Morgan fingerprint density at radius 2 is 2.00 bits per heavy atom. The summed E-state index contributed by atoms with van der Waals surface area (Å²) in [6.07, 6.45) is 4.00. The van der Waals surface area contributed by atoms with Gasteiger partial charge < -0.3 is 10.2 Å². The molecule has 1 heterocycles. The van der Waals surface area contributed by atoms with Crippen molar-refractivity contribution in [3.05, 3.63) is 48.0 Å². The molecule has 26 heavy (non-hydrogen) atoms. The van der Waals surface area contributed by atoms with Crippen molar-refractivity contribution >= 4 is 35.0 Å². The van der Waals surface area contributed by atoms with Crippen LogP contribution in [0.25, 0.3) is 0 Å². The van der Waals surface area contributed by atoms with E-state index in [9.17, 15) is 9.59 Å². The standard InChI is InChI=1S/C21H22N2O2S/c1-2-12-23-17-11-10-15(22-20(24)14-6-5-7-14)13-19(17)26-18-9-4-3-8-16(18)21(23)25/h3-4,8-11,13-14H,2,5-7,12H2,1H3,(H,22,24). The number of fused-ring (bicyclic) bond motifs is 2. The van der Waals surface area contributed by atoms with E-state index in [1.165, 1.54) is 0 Å². The predicted molar refractivity (Wildman–Crippen MR) is 105 cm³/mol. The van der Waals surface area contributed by atoms with Gasteiger partial charge in [-0.15, -0.1) is 0 Å². The maximum absolute atomic E-state index is 13.0. The molecular weight excluding hydrogens is 344 g/mol. The van der Waals surface area contributed by atoms with E-state index in [1.54, 1.807) is 11.8 Å². The number of anilines is 2. The molecule has 2 aliphatic rings. The molecule has 0 spiro atoms. The lowest BCUT2D eigenvalue weighted by atomic mass is 9.85. The maximum Gasteiger partial charge on any atom is 0.259 e. The Labute approximate surface area is 158 Å². The number of carbonyl (C=O) groups excluding carboxylic acids is 2. The second-order valence-corrected chi connectivity index (χ2v) is 7.94. The van der Waals surface area contributed by atoms with E-state index < -0.39 is 0 Å². The molecule has 1 aliphatic carbocycles. The first-order valence-electron chi connectivity index (χ1n) is 9.21. The van der Waals surface area contributed by atoms with Crippen molar-refractivity contribution in [2.75, 3.05) is 16.8 Å². The highest BCUT2D eigenvalue weighted by atomic mass is 32.2. The third-order valence-electron chi connectivity index (χ3n) is 5.02. The van der Waals surface area contributed by atoms with E-state index >= 15 is 0 Å². The molecule has 0 bridgehead atoms. The van der Waals surface area contributed by atoms with Crippen molar-refractivity contribution in [1.29, 1.82) is 0 Å². The lowest BCUT2D eigenvalue weighted by Gasteiger charge is -2.25. The minimum absolute atomic E-state index is 0.0416. The van der Waals surface area contributed by atoms with Gasteiger partial charge >= 0.3 is 0 Å². The summed E-state index contributed by atoms with van der Waals surface area (Å²) in [7, 11) is 0. The fourth-order valence-corrected chi connectivity index (χ4v) is 4.48. The van der Waals surface area contributed by atoms with Crippen molar-refractivity contribution in [1.82, 2.24) is 0 Å². The fraction of sp³-hybridized carbons (Fsp3) is 0.333. The highest BCUT2D eigenvalue weighted by Crippen LogP contribution is 2.42. The number of nitrogens with zero attached hydrogens (tertiary/aromatic N) is 1. The van der Waals surface area contributed by atoms with Gasteiger partial charge in [0.15, 0.2) is 0 Å². The van der Waals surface area contributed by atoms with Gasteiger partial charge in [-0.3, -0.25) is 9.59 Å². The van der Waals surface area contributed by atoms with Crippen LogP contribution in [0.4, 0.5) is 11.4 Å². The monoisotopic (exact) mass is 366 g/mol. The minimum Gasteiger partial charge on any atom is -0.326 e. The molecule has 2 aromatic rings. The summed E-state index contributed by atoms with van der Waals surface area (Å²) in [5.74, 6) is 0.303. The van der Waals surface area contributed by atoms with Crippen LogP contribution < -0.4 is 10.2 Å². The third kappa shape index (κ3) is 3.12. The zero-order chi connectivity index (χ0) is 18.1. The van der Waals surface area contributed by atoms with Gasteiger partial charge in [-0.1, -0.05) is 37.2 Å². The number of amides is 2. The van der Waals surface area contributed by atoms with Gasteiger partial charge in [0.2, 0.25) is 5.91 Å². The molecule has 1 aliphatic heterocycles. The summed E-state index contributed by atoms with van der Waals surface area (Å²) in [5, 5.41) is 3.04. The van der Waals surface area contributed by atoms with E-state index in [0.29, 0.717) is 6.54 Å². The molecule has 2 aromatic carbocycles. The lowest BCUT2D eigenvalue weighted by molar-refractivity contribution is -0.122. The van der Waals surface area contributed by atoms with Crippen molar-refractivity contribution in [2.45, 2.75) is 42.4 Å². The molecular formula is C21H22N2O2S. The van der Waals surface area contributed by atoms with Gasteiger partial charge in [-0.05, 0) is 49.6 Å². The number of hydrogen-bond donors (Lipinski definition) is 1. The van der Waals surface area contributed by atoms with Crippen LogP contribution in [0.2, 0.25) is 0 Å². The number of hydrogen-bond acceptors (Lipinski definition) is 3. The predicted octanol–water partition coefficient (Wildman–Crippen LogP) is 4.95. The number of carbonyl (C=O) groups is 2. The summed E-state index contributed by atoms with van der Waals surface area (Å²) >= 11 is 1.59. The molecule has 1 fully saturated rings. The van der Waals surface area contributed by atoms with Crippen LogP contribution in [0.3, 0.4) is 0 Å². The normalized spacial score (nSPS) is 16.3. The molecule has 2 amide bonds. The Bertz CT molecular complexity index is 861. The Hall–Kier alpha value is -2.27. The van der Waals surface area contributed by atoms with E-state index in [1.807, 2.05) is 47.4 Å². The number of rotatable bonds is 4. The van der Waals surface area contributed by atoms with Crippen LogP contribution in [0.1, 0.15) is 43.0 Å². The van der Waals surface area contributed by atoms with Crippen molar-refractivity contribution in [3.8, 4) is 0 Å². The highest BCUT2D eigenvalue weighted by Gasteiger charge is 2.28. The molecule has 4 rings (SSSR count). The van der Waals surface area contributed by atoms with E-state index in [2.05, 4.69) is 12.2 Å². The summed E-state index contributed by atoms with van der Waals surface area (Å²) < 4.78 is 0. The molecule has 1 N–H and O–H groups in total. The molecule has 0 radical (unpaired) electrons. The average Bonchev–Trinajstić information content (AvgIpc) is 2.69. The Kier molecular flexibility index (Phi) is 4.72. The van der Waals surface area contributed by atoms with E-state index in [-0.39, 0.29) is 17.7 Å². The second-order valence-electron chi connectivity index (χ2n) is 6.85. The zero-order valence-corrected chi connectivity index (χ0v) is 15.6. The Morgan fingerprint density at radius 1 is 1.19 bits per heavy atom. The van der Waals surface area contributed by atoms with Gasteiger partial charge in [-0.25, -0.2) is 0 Å². The summed E-state index contributed by atoms with van der Waals surface area (Å²) in [5.41, 5.74) is 2.46. The summed E-state index contributed by atoms with van der Waals surface area (Å²) in [6, 6.07) is 13.6. The lowest BCUT2D eigenvalue weighted by Crippen LogP contribution is -2.31. The summed E-state index contributed by atoms with van der Waals surface area (Å²) in [6.45, 7) is 2.75. The maximum atomic E-state index is 13.0. The summed E-state index contributed by atoms with van der Waals surface area (Å²) in [4.78, 5) is 29.1. The van der Waals surface area contributed by atoms with E-state index in [4.69, 9.17) is 0 Å². The van der Waals surface area contributed by atoms with Gasteiger partial charge in [0.05, 0.1) is 11.3 Å².